The van der Waals surface area contributed by atoms with Gasteiger partial charge in [-0.2, -0.15) is 0 Å². The van der Waals surface area contributed by atoms with Crippen LogP contribution in [0.2, 0.25) is 0 Å². The summed E-state index contributed by atoms with van der Waals surface area (Å²) in [6, 6.07) is 19.1. The van der Waals surface area contributed by atoms with E-state index in [-0.39, 0.29) is 5.78 Å². The van der Waals surface area contributed by atoms with Crippen LogP contribution in [0.4, 0.5) is 0 Å². The maximum absolute atomic E-state index is 11.7. The Bertz CT molecular complexity index is 623. The molecule has 5 nitrogen and oxygen atoms in total. The van der Waals surface area contributed by atoms with Crippen LogP contribution in [0.5, 0.6) is 0 Å². The van der Waals surface area contributed by atoms with E-state index in [0.29, 0.717) is 0 Å². The number of hydrogen-bond donors (Lipinski definition) is 3. The van der Waals surface area contributed by atoms with Crippen LogP contribution in [-0.4, -0.2) is 20.5 Å². The predicted octanol–water partition coefficient (Wildman–Crippen LogP) is 2.65. The van der Waals surface area contributed by atoms with E-state index < -0.39 is 7.82 Å². The molecule has 0 heterocycles. The number of carbonyl (C=O) groups is 1. The normalized spacial score (nSPS) is 10.8. The van der Waals surface area contributed by atoms with Crippen molar-refractivity contribution in [3.05, 3.63) is 77.9 Å². The average molecular weight is 306 g/mol. The number of hydrogen-bond acceptors (Lipinski definition) is 2. The van der Waals surface area contributed by atoms with Gasteiger partial charge in [-0.1, -0.05) is 66.7 Å². The van der Waals surface area contributed by atoms with E-state index in [0.717, 1.165) is 11.1 Å². The molecule has 0 radical (unpaired) electrons. The highest BCUT2D eigenvalue weighted by Gasteiger charge is 2.00. The maximum Gasteiger partial charge on any atom is 0.466 e. The largest absolute Gasteiger partial charge is 0.466 e. The minimum absolute atomic E-state index is 0.0319. The molecule has 0 atom stereocenters. The summed E-state index contributed by atoms with van der Waals surface area (Å²) in [4.78, 5) is 33.3. The number of carbonyl (C=O) groups excluding carboxylic acids is 1. The van der Waals surface area contributed by atoms with Crippen molar-refractivity contribution in [2.75, 3.05) is 0 Å². The summed E-state index contributed by atoms with van der Waals surface area (Å²) < 4.78 is 8.88. The zero-order valence-corrected chi connectivity index (χ0v) is 11.9. The molecule has 3 N–H and O–H groups in total. The first-order valence-electron chi connectivity index (χ1n) is 5.97. The van der Waals surface area contributed by atoms with Gasteiger partial charge in [-0.25, -0.2) is 4.57 Å². The summed E-state index contributed by atoms with van der Waals surface area (Å²) in [7, 11) is -4.64. The minimum Gasteiger partial charge on any atom is -0.303 e. The van der Waals surface area contributed by atoms with Crippen molar-refractivity contribution < 1.29 is 24.0 Å². The first-order valence-corrected chi connectivity index (χ1v) is 7.53. The molecule has 110 valence electrons. The lowest BCUT2D eigenvalue weighted by Gasteiger charge is -1.94. The van der Waals surface area contributed by atoms with Crippen LogP contribution in [0.25, 0.3) is 6.08 Å². The first-order chi connectivity index (χ1) is 9.86. The second-order valence-corrected chi connectivity index (χ2v) is 5.01. The molecule has 0 amide bonds. The fourth-order valence-corrected chi connectivity index (χ4v) is 1.43. The molecule has 0 unspecified atom stereocenters. The summed E-state index contributed by atoms with van der Waals surface area (Å²) in [5.41, 5.74) is 1.75. The van der Waals surface area contributed by atoms with Gasteiger partial charge in [0.1, 0.15) is 0 Å². The predicted molar refractivity (Wildman–Crippen MR) is 80.5 cm³/mol. The third kappa shape index (κ3) is 8.68. The van der Waals surface area contributed by atoms with Crippen LogP contribution in [0.15, 0.2) is 66.7 Å². The van der Waals surface area contributed by atoms with E-state index in [1.807, 2.05) is 66.7 Å². The van der Waals surface area contributed by atoms with E-state index in [1.54, 1.807) is 6.08 Å². The SMILES string of the molecule is O=C(/C=C/c1ccccc1)c1ccccc1.O=P(O)(O)O. The molecule has 0 aliphatic rings. The number of benzene rings is 2. The van der Waals surface area contributed by atoms with Crippen molar-refractivity contribution in [1.29, 1.82) is 0 Å². The Labute approximate surface area is 122 Å². The molecule has 6 heteroatoms. The Hall–Kier alpha value is -2.04. The van der Waals surface area contributed by atoms with Crippen molar-refractivity contribution in [2.24, 2.45) is 0 Å². The fraction of sp³-hybridized carbons (Fsp3) is 0. The van der Waals surface area contributed by atoms with Gasteiger partial charge >= 0.3 is 7.82 Å². The second kappa shape index (κ2) is 8.29. The average Bonchev–Trinajstić information content (AvgIpc) is 2.45. The second-order valence-electron chi connectivity index (χ2n) is 3.99. The molecule has 2 aromatic carbocycles. The van der Waals surface area contributed by atoms with Gasteiger partial charge in [-0.05, 0) is 11.6 Å². The summed E-state index contributed by atoms with van der Waals surface area (Å²) in [6.45, 7) is 0. The third-order valence-corrected chi connectivity index (χ3v) is 2.29. The molecule has 0 aliphatic carbocycles. The van der Waals surface area contributed by atoms with Crippen molar-refractivity contribution in [1.82, 2.24) is 0 Å². The lowest BCUT2D eigenvalue weighted by atomic mass is 10.1. The zero-order valence-electron chi connectivity index (χ0n) is 11.0. The van der Waals surface area contributed by atoms with Crippen LogP contribution in [0.1, 0.15) is 15.9 Å². The van der Waals surface area contributed by atoms with Crippen LogP contribution >= 0.6 is 7.82 Å². The van der Waals surface area contributed by atoms with E-state index in [2.05, 4.69) is 0 Å². The summed E-state index contributed by atoms with van der Waals surface area (Å²) in [6.07, 6.45) is 3.43. The molecule has 0 saturated carbocycles. The molecule has 2 rings (SSSR count). The monoisotopic (exact) mass is 306 g/mol. The van der Waals surface area contributed by atoms with Crippen molar-refractivity contribution in [3.8, 4) is 0 Å². The maximum atomic E-state index is 11.7. The van der Waals surface area contributed by atoms with Gasteiger partial charge in [0, 0.05) is 5.56 Å². The number of ketones is 1. The third-order valence-electron chi connectivity index (χ3n) is 2.29. The van der Waals surface area contributed by atoms with Gasteiger partial charge in [0.15, 0.2) is 5.78 Å². The molecule has 0 spiro atoms. The van der Waals surface area contributed by atoms with Crippen LogP contribution in [-0.2, 0) is 4.57 Å². The highest BCUT2D eigenvalue weighted by atomic mass is 31.2. The van der Waals surface area contributed by atoms with Gasteiger partial charge in [-0.3, -0.25) is 4.79 Å². The lowest BCUT2D eigenvalue weighted by molar-refractivity contribution is 0.104. The van der Waals surface area contributed by atoms with Gasteiger partial charge in [-0.15, -0.1) is 0 Å². The molecule has 0 fully saturated rings. The van der Waals surface area contributed by atoms with E-state index in [4.69, 9.17) is 19.2 Å². The molecular formula is C15H15O5P. The fourth-order valence-electron chi connectivity index (χ4n) is 1.43. The standard InChI is InChI=1S/C15H12O.H3O4P/c16-15(14-9-5-2-6-10-14)12-11-13-7-3-1-4-8-13;1-5(2,3)4/h1-12H;(H3,1,2,3,4)/b12-11+;. The number of allylic oxidation sites excluding steroid dienone is 1. The molecule has 2 aromatic rings. The smallest absolute Gasteiger partial charge is 0.303 e. The highest BCUT2D eigenvalue weighted by molar-refractivity contribution is 7.45. The van der Waals surface area contributed by atoms with Gasteiger partial charge in [0.25, 0.3) is 0 Å². The van der Waals surface area contributed by atoms with E-state index in [1.165, 1.54) is 0 Å². The van der Waals surface area contributed by atoms with Crippen molar-refractivity contribution in [3.63, 3.8) is 0 Å². The van der Waals surface area contributed by atoms with E-state index in [9.17, 15) is 4.79 Å². The first kappa shape index (κ1) is 17.0. The van der Waals surface area contributed by atoms with Crippen LogP contribution < -0.4 is 0 Å². The molecule has 0 aromatic heterocycles. The Morgan fingerprint density at radius 1 is 0.857 bits per heavy atom. The van der Waals surface area contributed by atoms with E-state index >= 15 is 0 Å². The Balaban J connectivity index is 0.000000383. The highest BCUT2D eigenvalue weighted by Crippen LogP contribution is 2.25. The molecular weight excluding hydrogens is 291 g/mol. The minimum atomic E-state index is -4.64. The molecule has 0 saturated heterocycles. The van der Waals surface area contributed by atoms with Crippen molar-refractivity contribution in [2.45, 2.75) is 0 Å². The Morgan fingerprint density at radius 2 is 1.29 bits per heavy atom. The zero-order chi connectivity index (χ0) is 15.7. The quantitative estimate of drug-likeness (QED) is 0.460. The number of rotatable bonds is 3. The lowest BCUT2D eigenvalue weighted by Crippen LogP contribution is -1.92. The summed E-state index contributed by atoms with van der Waals surface area (Å²) >= 11 is 0. The van der Waals surface area contributed by atoms with Crippen LogP contribution in [0, 0.1) is 0 Å². The Morgan fingerprint density at radius 3 is 1.76 bits per heavy atom. The van der Waals surface area contributed by atoms with Crippen molar-refractivity contribution >= 4 is 19.7 Å². The van der Waals surface area contributed by atoms with Gasteiger partial charge < -0.3 is 14.7 Å². The molecule has 0 bridgehead atoms. The Kier molecular flexibility index (Phi) is 6.72. The summed E-state index contributed by atoms with van der Waals surface area (Å²) in [5, 5.41) is 0. The molecule has 21 heavy (non-hydrogen) atoms. The topological polar surface area (TPSA) is 94.8 Å². The van der Waals surface area contributed by atoms with Gasteiger partial charge in [0.05, 0.1) is 0 Å². The van der Waals surface area contributed by atoms with Crippen LogP contribution in [0.3, 0.4) is 0 Å². The molecule has 0 aliphatic heterocycles. The number of phosphoric acid groups is 1. The summed E-state index contributed by atoms with van der Waals surface area (Å²) in [5.74, 6) is 0.0319. The van der Waals surface area contributed by atoms with Gasteiger partial charge in [0.2, 0.25) is 0 Å².